The summed E-state index contributed by atoms with van der Waals surface area (Å²) in [6.45, 7) is 3.31. The van der Waals surface area contributed by atoms with E-state index in [1.807, 2.05) is 68.4 Å². The lowest BCUT2D eigenvalue weighted by Crippen LogP contribution is -2.54. The zero-order chi connectivity index (χ0) is 33.3. The molecule has 0 spiro atoms. The van der Waals surface area contributed by atoms with Gasteiger partial charge in [0.1, 0.15) is 18.3 Å². The highest BCUT2D eigenvalue weighted by Crippen LogP contribution is 2.35. The van der Waals surface area contributed by atoms with Crippen molar-refractivity contribution in [3.63, 3.8) is 0 Å². The molecule has 0 bridgehead atoms. The monoisotopic (exact) mass is 725 g/mol. The van der Waals surface area contributed by atoms with Gasteiger partial charge in [-0.05, 0) is 66.9 Å². The van der Waals surface area contributed by atoms with E-state index in [-0.39, 0.29) is 46.3 Å². The number of methoxy groups -OCH3 is 1. The van der Waals surface area contributed by atoms with Gasteiger partial charge in [-0.15, -0.1) is 0 Å². The number of sulfonamides is 1. The first-order chi connectivity index (χ1) is 22.0. The fourth-order valence-corrected chi connectivity index (χ4v) is 6.74. The van der Waals surface area contributed by atoms with Crippen LogP contribution in [-0.4, -0.2) is 50.9 Å². The largest absolute Gasteiger partial charge is 0.495 e. The van der Waals surface area contributed by atoms with Gasteiger partial charge in [0, 0.05) is 28.5 Å². The summed E-state index contributed by atoms with van der Waals surface area (Å²) < 4.78 is 35.8. The third kappa shape index (κ3) is 8.90. The number of anilines is 1. The number of nitrogens with zero attached hydrogens (tertiary/aromatic N) is 2. The zero-order valence-electron chi connectivity index (χ0n) is 25.9. The van der Waals surface area contributed by atoms with E-state index in [2.05, 4.69) is 21.2 Å². The second kappa shape index (κ2) is 16.1. The molecule has 0 aliphatic carbocycles. The lowest BCUT2D eigenvalue weighted by atomic mass is 10.0. The molecule has 4 aromatic rings. The summed E-state index contributed by atoms with van der Waals surface area (Å²) in [5.41, 5.74) is 1.72. The first-order valence-electron chi connectivity index (χ1n) is 14.8. The van der Waals surface area contributed by atoms with Crippen LogP contribution in [-0.2, 0) is 32.6 Å². The molecule has 0 saturated heterocycles. The minimum Gasteiger partial charge on any atom is -0.495 e. The van der Waals surface area contributed by atoms with Crippen molar-refractivity contribution in [2.75, 3.05) is 18.0 Å². The average Bonchev–Trinajstić information content (AvgIpc) is 3.06. The predicted molar refractivity (Wildman–Crippen MR) is 185 cm³/mol. The van der Waals surface area contributed by atoms with E-state index in [0.717, 1.165) is 19.9 Å². The molecule has 0 aliphatic rings. The number of halogens is 2. The van der Waals surface area contributed by atoms with Crippen LogP contribution >= 0.6 is 27.5 Å². The van der Waals surface area contributed by atoms with Crippen LogP contribution in [0.4, 0.5) is 5.69 Å². The second-order valence-electron chi connectivity index (χ2n) is 10.8. The van der Waals surface area contributed by atoms with Gasteiger partial charge in [0.05, 0.1) is 17.7 Å². The topological polar surface area (TPSA) is 96.0 Å². The highest BCUT2D eigenvalue weighted by Gasteiger charge is 2.36. The maximum Gasteiger partial charge on any atom is 0.264 e. The SMILES string of the molecule is CC[C@H](C)NC(=O)[C@H](Cc1ccccc1)N(Cc1ccc(Br)cc1)C(=O)CN(c1cc(Cl)ccc1OC)S(=O)(=O)c1ccccc1. The number of hydrogen-bond donors (Lipinski definition) is 1. The molecule has 0 aliphatic heterocycles. The van der Waals surface area contributed by atoms with Crippen molar-refractivity contribution in [2.45, 2.75) is 50.2 Å². The summed E-state index contributed by atoms with van der Waals surface area (Å²) in [5.74, 6) is -0.697. The molecule has 2 amide bonds. The number of benzene rings is 4. The Kier molecular flexibility index (Phi) is 12.3. The molecule has 1 N–H and O–H groups in total. The lowest BCUT2D eigenvalue weighted by molar-refractivity contribution is -0.140. The van der Waals surface area contributed by atoms with E-state index in [9.17, 15) is 18.0 Å². The molecule has 4 aromatic carbocycles. The van der Waals surface area contributed by atoms with Gasteiger partial charge in [-0.3, -0.25) is 13.9 Å². The number of carbonyl (C=O) groups excluding carboxylic acids is 2. The van der Waals surface area contributed by atoms with Crippen LogP contribution in [0, 0.1) is 0 Å². The van der Waals surface area contributed by atoms with Crippen molar-refractivity contribution in [3.8, 4) is 5.75 Å². The van der Waals surface area contributed by atoms with Crippen molar-refractivity contribution >= 4 is 55.1 Å². The molecule has 2 atom stereocenters. The highest BCUT2D eigenvalue weighted by molar-refractivity contribution is 9.10. The van der Waals surface area contributed by atoms with Crippen LogP contribution in [0.3, 0.4) is 0 Å². The first kappa shape index (κ1) is 35.0. The van der Waals surface area contributed by atoms with Crippen LogP contribution in [0.2, 0.25) is 5.02 Å². The molecule has 0 fully saturated rings. The molecule has 242 valence electrons. The minimum absolute atomic E-state index is 0.0142. The number of hydrogen-bond acceptors (Lipinski definition) is 5. The van der Waals surface area contributed by atoms with Gasteiger partial charge in [-0.1, -0.05) is 95.1 Å². The molecule has 0 saturated carbocycles. The van der Waals surface area contributed by atoms with Gasteiger partial charge in [0.25, 0.3) is 10.0 Å². The molecule has 11 heteroatoms. The molecular formula is C35H37BrClN3O5S. The third-order valence-electron chi connectivity index (χ3n) is 7.56. The van der Waals surface area contributed by atoms with Crippen molar-refractivity contribution in [2.24, 2.45) is 0 Å². The second-order valence-corrected chi connectivity index (χ2v) is 14.0. The normalized spacial score (nSPS) is 12.5. The van der Waals surface area contributed by atoms with Crippen LogP contribution in [0.1, 0.15) is 31.4 Å². The molecule has 0 heterocycles. The Morgan fingerprint density at radius 1 is 0.913 bits per heavy atom. The number of ether oxygens (including phenoxy) is 1. The van der Waals surface area contributed by atoms with Gasteiger partial charge in [-0.2, -0.15) is 0 Å². The van der Waals surface area contributed by atoms with Gasteiger partial charge in [0.15, 0.2) is 0 Å². The Bertz CT molecular complexity index is 1720. The predicted octanol–water partition coefficient (Wildman–Crippen LogP) is 6.86. The molecule has 0 aromatic heterocycles. The fourth-order valence-electron chi connectivity index (χ4n) is 4.87. The molecule has 46 heavy (non-hydrogen) atoms. The zero-order valence-corrected chi connectivity index (χ0v) is 29.1. The molecule has 4 rings (SSSR count). The van der Waals surface area contributed by atoms with Gasteiger partial charge >= 0.3 is 0 Å². The molecule has 0 radical (unpaired) electrons. The Hall–Kier alpha value is -3.86. The minimum atomic E-state index is -4.30. The summed E-state index contributed by atoms with van der Waals surface area (Å²) in [6, 6.07) is 28.2. The maximum atomic E-state index is 14.6. The molecule has 0 unspecified atom stereocenters. The van der Waals surface area contributed by atoms with Crippen molar-refractivity contribution in [1.29, 1.82) is 0 Å². The standard InChI is InChI=1S/C35H37BrClN3O5S/c1-4-25(2)38-35(42)32(21-26-11-7-5-8-12-26)39(23-27-15-17-28(36)18-16-27)34(41)24-40(31-22-29(37)19-20-33(31)45-3)46(43,44)30-13-9-6-10-14-30/h5-20,22,25,32H,4,21,23-24H2,1-3H3,(H,38,42)/t25-,32-/m0/s1. The average molecular weight is 727 g/mol. The van der Waals surface area contributed by atoms with Gasteiger partial charge in [0.2, 0.25) is 11.8 Å². The number of carbonyl (C=O) groups is 2. The molecule has 8 nitrogen and oxygen atoms in total. The quantitative estimate of drug-likeness (QED) is 0.153. The lowest BCUT2D eigenvalue weighted by Gasteiger charge is -2.34. The van der Waals surface area contributed by atoms with Crippen LogP contribution in [0.25, 0.3) is 0 Å². The highest BCUT2D eigenvalue weighted by atomic mass is 79.9. The van der Waals surface area contributed by atoms with E-state index in [1.54, 1.807) is 30.3 Å². The maximum absolute atomic E-state index is 14.6. The first-order valence-corrected chi connectivity index (χ1v) is 17.4. The van der Waals surface area contributed by atoms with Crippen LogP contribution < -0.4 is 14.4 Å². The summed E-state index contributed by atoms with van der Waals surface area (Å²) in [6.07, 6.45) is 0.916. The van der Waals surface area contributed by atoms with E-state index in [1.165, 1.54) is 30.2 Å². The van der Waals surface area contributed by atoms with E-state index >= 15 is 0 Å². The summed E-state index contributed by atoms with van der Waals surface area (Å²) in [4.78, 5) is 30.0. The smallest absolute Gasteiger partial charge is 0.264 e. The Balaban J connectivity index is 1.84. The summed E-state index contributed by atoms with van der Waals surface area (Å²) >= 11 is 9.80. The van der Waals surface area contributed by atoms with Crippen molar-refractivity contribution in [1.82, 2.24) is 10.2 Å². The van der Waals surface area contributed by atoms with Gasteiger partial charge in [-0.25, -0.2) is 8.42 Å². The van der Waals surface area contributed by atoms with Gasteiger partial charge < -0.3 is 15.0 Å². The van der Waals surface area contributed by atoms with Crippen molar-refractivity contribution in [3.05, 3.63) is 124 Å². The summed E-state index contributed by atoms with van der Waals surface area (Å²) in [7, 11) is -2.88. The van der Waals surface area contributed by atoms with E-state index < -0.39 is 28.5 Å². The Labute approximate surface area is 284 Å². The van der Waals surface area contributed by atoms with Crippen LogP contribution in [0.5, 0.6) is 5.75 Å². The molecular weight excluding hydrogens is 690 g/mol. The number of nitrogens with one attached hydrogen (secondary N) is 1. The fraction of sp³-hybridized carbons (Fsp3) is 0.257. The van der Waals surface area contributed by atoms with E-state index in [0.29, 0.717) is 6.42 Å². The number of rotatable bonds is 14. The van der Waals surface area contributed by atoms with E-state index in [4.69, 9.17) is 16.3 Å². The van der Waals surface area contributed by atoms with Crippen molar-refractivity contribution < 1.29 is 22.7 Å². The Morgan fingerprint density at radius 3 is 2.15 bits per heavy atom. The Morgan fingerprint density at radius 2 is 1.54 bits per heavy atom. The third-order valence-corrected chi connectivity index (χ3v) is 10.1. The number of amides is 2. The summed E-state index contributed by atoms with van der Waals surface area (Å²) in [5, 5.41) is 3.30. The van der Waals surface area contributed by atoms with Crippen LogP contribution in [0.15, 0.2) is 112 Å².